The number of nitrogens with one attached hydrogen (secondary N) is 2. The van der Waals surface area contributed by atoms with Gasteiger partial charge in [0, 0.05) is 19.0 Å². The molecule has 2 rings (SSSR count). The summed E-state index contributed by atoms with van der Waals surface area (Å²) in [7, 11) is 0. The monoisotopic (exact) mass is 278 g/mol. The Morgan fingerprint density at radius 3 is 3.00 bits per heavy atom. The number of carbonyl (C=O) groups is 1. The van der Waals surface area contributed by atoms with Crippen molar-refractivity contribution in [3.8, 4) is 12.3 Å². The molecule has 0 aliphatic heterocycles. The van der Waals surface area contributed by atoms with Crippen LogP contribution in [0.5, 0.6) is 0 Å². The number of carbonyl (C=O) groups excluding carboxylic acids is 1. The zero-order valence-corrected chi connectivity index (χ0v) is 11.6. The molecule has 1 fully saturated rings. The van der Waals surface area contributed by atoms with Gasteiger partial charge in [0.15, 0.2) is 5.13 Å². The fourth-order valence-corrected chi connectivity index (χ4v) is 2.47. The molecule has 19 heavy (non-hydrogen) atoms. The molecule has 102 valence electrons. The Hall–Kier alpha value is -1.74. The minimum absolute atomic E-state index is 0.153. The SMILES string of the molecule is C#CCCCCNC(=O)c1sc(NC2CC2)nc1N. The number of anilines is 2. The fourth-order valence-electron chi connectivity index (χ4n) is 1.59. The Kier molecular flexibility index (Phi) is 4.63. The molecule has 0 atom stereocenters. The van der Waals surface area contributed by atoms with Crippen LogP contribution in [0.1, 0.15) is 41.8 Å². The highest BCUT2D eigenvalue weighted by Gasteiger charge is 2.24. The van der Waals surface area contributed by atoms with Gasteiger partial charge in [-0.1, -0.05) is 11.3 Å². The molecule has 6 heteroatoms. The van der Waals surface area contributed by atoms with E-state index in [0.29, 0.717) is 23.3 Å². The quantitative estimate of drug-likeness (QED) is 0.525. The zero-order valence-electron chi connectivity index (χ0n) is 10.7. The molecule has 1 aromatic heterocycles. The first kappa shape index (κ1) is 13.7. The van der Waals surface area contributed by atoms with Crippen LogP contribution in [0.4, 0.5) is 10.9 Å². The predicted molar refractivity (Wildman–Crippen MR) is 78.2 cm³/mol. The maximum Gasteiger partial charge on any atom is 0.265 e. The third kappa shape index (κ3) is 4.14. The van der Waals surface area contributed by atoms with Gasteiger partial charge in [0.05, 0.1) is 0 Å². The molecule has 1 aromatic rings. The standard InChI is InChI=1S/C13H18N4OS/c1-2-3-4-5-8-15-12(18)10-11(14)17-13(19-10)16-9-6-7-9/h1,9H,3-8,14H2,(H,15,18)(H,16,17). The van der Waals surface area contributed by atoms with E-state index >= 15 is 0 Å². The lowest BCUT2D eigenvalue weighted by molar-refractivity contribution is 0.0958. The second kappa shape index (κ2) is 6.43. The molecule has 0 unspecified atom stereocenters. The Labute approximate surface area is 117 Å². The van der Waals surface area contributed by atoms with E-state index in [1.807, 2.05) is 0 Å². The van der Waals surface area contributed by atoms with Gasteiger partial charge < -0.3 is 16.4 Å². The number of nitrogen functional groups attached to an aromatic ring is 1. The van der Waals surface area contributed by atoms with Crippen molar-refractivity contribution >= 4 is 28.2 Å². The largest absolute Gasteiger partial charge is 0.382 e. The zero-order chi connectivity index (χ0) is 13.7. The van der Waals surface area contributed by atoms with Crippen molar-refractivity contribution in [1.29, 1.82) is 0 Å². The maximum absolute atomic E-state index is 11.9. The van der Waals surface area contributed by atoms with Crippen LogP contribution >= 0.6 is 11.3 Å². The summed E-state index contributed by atoms with van der Waals surface area (Å²) in [6, 6.07) is 0.505. The van der Waals surface area contributed by atoms with E-state index in [-0.39, 0.29) is 5.91 Å². The number of rotatable bonds is 7. The minimum Gasteiger partial charge on any atom is -0.382 e. The molecule has 0 spiro atoms. The molecule has 1 aliphatic rings. The average molecular weight is 278 g/mol. The molecule has 1 heterocycles. The summed E-state index contributed by atoms with van der Waals surface area (Å²) < 4.78 is 0. The number of terminal acetylenes is 1. The molecule has 0 saturated heterocycles. The van der Waals surface area contributed by atoms with Crippen LogP contribution in [-0.4, -0.2) is 23.5 Å². The van der Waals surface area contributed by atoms with E-state index in [1.54, 1.807) is 0 Å². The lowest BCUT2D eigenvalue weighted by atomic mass is 10.2. The smallest absolute Gasteiger partial charge is 0.265 e. The van der Waals surface area contributed by atoms with Crippen molar-refractivity contribution in [3.63, 3.8) is 0 Å². The van der Waals surface area contributed by atoms with Gasteiger partial charge in [0.1, 0.15) is 10.7 Å². The van der Waals surface area contributed by atoms with Gasteiger partial charge in [0.2, 0.25) is 0 Å². The molecule has 0 aromatic carbocycles. The highest BCUT2D eigenvalue weighted by atomic mass is 32.1. The van der Waals surface area contributed by atoms with Crippen molar-refractivity contribution in [2.45, 2.75) is 38.1 Å². The predicted octanol–water partition coefficient (Wildman–Crippen LogP) is 1.83. The Morgan fingerprint density at radius 1 is 1.53 bits per heavy atom. The first-order valence-electron chi connectivity index (χ1n) is 6.45. The van der Waals surface area contributed by atoms with Crippen molar-refractivity contribution in [3.05, 3.63) is 4.88 Å². The molecular formula is C13H18N4OS. The van der Waals surface area contributed by atoms with Crippen LogP contribution in [-0.2, 0) is 0 Å². The maximum atomic E-state index is 11.9. The molecular weight excluding hydrogens is 260 g/mol. The van der Waals surface area contributed by atoms with Crippen LogP contribution in [0, 0.1) is 12.3 Å². The van der Waals surface area contributed by atoms with E-state index in [2.05, 4.69) is 21.5 Å². The number of hydrogen-bond acceptors (Lipinski definition) is 5. The van der Waals surface area contributed by atoms with E-state index in [0.717, 1.165) is 37.2 Å². The number of unbranched alkanes of at least 4 members (excludes halogenated alkanes) is 2. The van der Waals surface area contributed by atoms with Crippen molar-refractivity contribution in [1.82, 2.24) is 10.3 Å². The van der Waals surface area contributed by atoms with E-state index < -0.39 is 0 Å². The van der Waals surface area contributed by atoms with E-state index in [9.17, 15) is 4.79 Å². The normalized spacial score (nSPS) is 13.8. The molecule has 1 amide bonds. The van der Waals surface area contributed by atoms with Gasteiger partial charge in [-0.3, -0.25) is 4.79 Å². The highest BCUT2D eigenvalue weighted by Crippen LogP contribution is 2.30. The minimum atomic E-state index is -0.153. The van der Waals surface area contributed by atoms with Crippen molar-refractivity contribution in [2.24, 2.45) is 0 Å². The topological polar surface area (TPSA) is 80.0 Å². The molecule has 1 aliphatic carbocycles. The van der Waals surface area contributed by atoms with Gasteiger partial charge >= 0.3 is 0 Å². The van der Waals surface area contributed by atoms with Crippen LogP contribution in [0.25, 0.3) is 0 Å². The summed E-state index contributed by atoms with van der Waals surface area (Å²) in [6.45, 7) is 0.614. The van der Waals surface area contributed by atoms with E-state index in [1.165, 1.54) is 11.3 Å². The van der Waals surface area contributed by atoms with Gasteiger partial charge in [-0.25, -0.2) is 4.98 Å². The number of hydrogen-bond donors (Lipinski definition) is 3. The second-order valence-corrected chi connectivity index (χ2v) is 5.57. The highest BCUT2D eigenvalue weighted by molar-refractivity contribution is 7.18. The van der Waals surface area contributed by atoms with Crippen LogP contribution in [0.2, 0.25) is 0 Å². The number of aromatic nitrogens is 1. The summed E-state index contributed by atoms with van der Waals surface area (Å²) in [5.74, 6) is 2.72. The lowest BCUT2D eigenvalue weighted by Crippen LogP contribution is -2.24. The molecule has 0 radical (unpaired) electrons. The molecule has 4 N–H and O–H groups in total. The molecule has 5 nitrogen and oxygen atoms in total. The van der Waals surface area contributed by atoms with Gasteiger partial charge in [-0.2, -0.15) is 0 Å². The molecule has 0 bridgehead atoms. The fraction of sp³-hybridized carbons (Fsp3) is 0.538. The number of amides is 1. The van der Waals surface area contributed by atoms with Gasteiger partial charge in [-0.15, -0.1) is 12.3 Å². The van der Waals surface area contributed by atoms with Crippen LogP contribution in [0.3, 0.4) is 0 Å². The van der Waals surface area contributed by atoms with Gasteiger partial charge in [0.25, 0.3) is 5.91 Å². The number of thiazole rings is 1. The summed E-state index contributed by atoms with van der Waals surface area (Å²) in [6.07, 6.45) is 10.0. The second-order valence-electron chi connectivity index (χ2n) is 4.57. The van der Waals surface area contributed by atoms with Crippen LogP contribution < -0.4 is 16.4 Å². The third-order valence-corrected chi connectivity index (χ3v) is 3.80. The van der Waals surface area contributed by atoms with Crippen molar-refractivity contribution < 1.29 is 4.79 Å². The summed E-state index contributed by atoms with van der Waals surface area (Å²) >= 11 is 1.31. The number of nitrogens with zero attached hydrogens (tertiary/aromatic N) is 1. The van der Waals surface area contributed by atoms with Crippen LogP contribution in [0.15, 0.2) is 0 Å². The summed E-state index contributed by atoms with van der Waals surface area (Å²) in [5, 5.41) is 6.81. The Bertz CT molecular complexity index is 487. The number of nitrogens with two attached hydrogens (primary N) is 1. The Morgan fingerprint density at radius 2 is 2.32 bits per heavy atom. The first-order valence-corrected chi connectivity index (χ1v) is 7.27. The van der Waals surface area contributed by atoms with Gasteiger partial charge in [-0.05, 0) is 25.7 Å². The molecule has 1 saturated carbocycles. The lowest BCUT2D eigenvalue weighted by Gasteiger charge is -2.02. The average Bonchev–Trinajstić information content (AvgIpc) is 3.11. The third-order valence-electron chi connectivity index (χ3n) is 2.80. The first-order chi connectivity index (χ1) is 9.20. The summed E-state index contributed by atoms with van der Waals surface area (Å²) in [5.41, 5.74) is 5.76. The summed E-state index contributed by atoms with van der Waals surface area (Å²) in [4.78, 5) is 16.6. The van der Waals surface area contributed by atoms with Crippen molar-refractivity contribution in [2.75, 3.05) is 17.6 Å². The van der Waals surface area contributed by atoms with E-state index in [4.69, 9.17) is 12.2 Å². The Balaban J connectivity index is 1.80.